The van der Waals surface area contributed by atoms with Gasteiger partial charge in [0.2, 0.25) is 5.91 Å². The van der Waals surface area contributed by atoms with Crippen molar-refractivity contribution in [2.75, 3.05) is 19.7 Å². The van der Waals surface area contributed by atoms with Crippen LogP contribution in [0.2, 0.25) is 0 Å². The Labute approximate surface area is 110 Å². The van der Waals surface area contributed by atoms with Crippen LogP contribution >= 0.6 is 0 Å². The molecular weight excluding hydrogens is 246 g/mol. The van der Waals surface area contributed by atoms with Crippen molar-refractivity contribution in [1.82, 2.24) is 4.90 Å². The van der Waals surface area contributed by atoms with Crippen LogP contribution in [0.15, 0.2) is 24.3 Å². The molecule has 100 valence electrons. The largest absolute Gasteiger partial charge is 0.492 e. The molecule has 1 saturated heterocycles. The number of benzene rings is 1. The molecule has 0 radical (unpaired) electrons. The average molecular weight is 261 g/mol. The number of nitrogens with zero attached hydrogens (tertiary/aromatic N) is 1. The van der Waals surface area contributed by atoms with Crippen molar-refractivity contribution in [3.8, 4) is 5.75 Å². The third kappa shape index (κ3) is 2.05. The summed E-state index contributed by atoms with van der Waals surface area (Å²) in [7, 11) is 0. The third-order valence-electron chi connectivity index (χ3n) is 3.85. The fourth-order valence-electron chi connectivity index (χ4n) is 2.75. The van der Waals surface area contributed by atoms with E-state index >= 15 is 0 Å². The maximum Gasteiger partial charge on any atom is 0.308 e. The molecule has 1 N–H and O–H groups in total. The molecule has 2 heterocycles. The van der Waals surface area contributed by atoms with Crippen molar-refractivity contribution in [2.24, 2.45) is 5.92 Å². The molecule has 1 aromatic carbocycles. The number of likely N-dealkylation sites (tertiary alicyclic amines) is 1. The molecule has 5 heteroatoms. The molecule has 3 rings (SSSR count). The number of fused-ring (bicyclic) bond motifs is 1. The van der Waals surface area contributed by atoms with E-state index in [2.05, 4.69) is 0 Å². The fraction of sp³-hybridized carbons (Fsp3) is 0.429. The van der Waals surface area contributed by atoms with E-state index in [1.54, 1.807) is 4.90 Å². The molecule has 5 nitrogen and oxygen atoms in total. The normalized spacial score (nSPS) is 24.9. The van der Waals surface area contributed by atoms with Gasteiger partial charge in [0, 0.05) is 18.7 Å². The van der Waals surface area contributed by atoms with Crippen LogP contribution in [0.3, 0.4) is 0 Å². The molecule has 1 amide bonds. The van der Waals surface area contributed by atoms with Gasteiger partial charge in [-0.05, 0) is 12.5 Å². The molecule has 1 fully saturated rings. The molecule has 2 unspecified atom stereocenters. The highest BCUT2D eigenvalue weighted by molar-refractivity contribution is 5.86. The Hall–Kier alpha value is -2.04. The Morgan fingerprint density at radius 1 is 1.32 bits per heavy atom. The van der Waals surface area contributed by atoms with Crippen LogP contribution in [-0.4, -0.2) is 41.6 Å². The Bertz CT molecular complexity index is 528. The lowest BCUT2D eigenvalue weighted by atomic mass is 10.00. The number of hydrogen-bond donors (Lipinski definition) is 1. The number of aliphatic carboxylic acids is 1. The Balaban J connectivity index is 1.74. The highest BCUT2D eigenvalue weighted by Crippen LogP contribution is 2.35. The van der Waals surface area contributed by atoms with E-state index in [-0.39, 0.29) is 11.8 Å². The molecule has 19 heavy (non-hydrogen) atoms. The lowest BCUT2D eigenvalue weighted by Crippen LogP contribution is -2.34. The summed E-state index contributed by atoms with van der Waals surface area (Å²) in [5.74, 6) is -0.799. The molecule has 0 spiro atoms. The molecule has 2 aliphatic heterocycles. The second kappa shape index (κ2) is 4.57. The topological polar surface area (TPSA) is 66.8 Å². The summed E-state index contributed by atoms with van der Waals surface area (Å²) in [4.78, 5) is 25.0. The molecule has 0 aromatic heterocycles. The fourth-order valence-corrected chi connectivity index (χ4v) is 2.75. The molecule has 0 bridgehead atoms. The molecule has 2 aliphatic rings. The van der Waals surface area contributed by atoms with Crippen LogP contribution in [-0.2, 0) is 9.59 Å². The van der Waals surface area contributed by atoms with Crippen LogP contribution in [0, 0.1) is 5.92 Å². The molecule has 0 aliphatic carbocycles. The predicted octanol–water partition coefficient (Wildman–Crippen LogP) is 1.10. The highest BCUT2D eigenvalue weighted by atomic mass is 16.5. The summed E-state index contributed by atoms with van der Waals surface area (Å²) < 4.78 is 5.50. The smallest absolute Gasteiger partial charge is 0.308 e. The molecular formula is C14H15NO4. The maximum absolute atomic E-state index is 12.4. The number of rotatable bonds is 2. The Kier molecular flexibility index (Phi) is 2.89. The Morgan fingerprint density at radius 2 is 2.11 bits per heavy atom. The summed E-state index contributed by atoms with van der Waals surface area (Å²) >= 11 is 0. The number of hydrogen-bond acceptors (Lipinski definition) is 3. The second-order valence-corrected chi connectivity index (χ2v) is 5.01. The van der Waals surface area contributed by atoms with Gasteiger partial charge in [-0.2, -0.15) is 0 Å². The second-order valence-electron chi connectivity index (χ2n) is 5.01. The van der Waals surface area contributed by atoms with Crippen LogP contribution in [0.5, 0.6) is 5.75 Å². The first-order valence-electron chi connectivity index (χ1n) is 6.40. The summed E-state index contributed by atoms with van der Waals surface area (Å²) in [6, 6.07) is 7.52. The zero-order valence-electron chi connectivity index (χ0n) is 10.4. The van der Waals surface area contributed by atoms with Gasteiger partial charge in [0.05, 0.1) is 5.92 Å². The molecule has 2 atom stereocenters. The van der Waals surface area contributed by atoms with E-state index in [9.17, 15) is 9.59 Å². The van der Waals surface area contributed by atoms with Gasteiger partial charge in [-0.25, -0.2) is 0 Å². The van der Waals surface area contributed by atoms with Gasteiger partial charge in [-0.1, -0.05) is 18.2 Å². The predicted molar refractivity (Wildman–Crippen MR) is 67.0 cm³/mol. The minimum Gasteiger partial charge on any atom is -0.492 e. The monoisotopic (exact) mass is 261 g/mol. The lowest BCUT2D eigenvalue weighted by molar-refractivity contribution is -0.141. The number of carboxylic acid groups (broad SMARTS) is 1. The molecule has 1 aromatic rings. The summed E-state index contributed by atoms with van der Waals surface area (Å²) in [5.41, 5.74) is 0.909. The van der Waals surface area contributed by atoms with E-state index < -0.39 is 11.9 Å². The first-order chi connectivity index (χ1) is 9.16. The SMILES string of the molecule is O=C(O)C1CCN(C(=O)C2COc3ccccc32)C1. The van der Waals surface area contributed by atoms with Crippen molar-refractivity contribution in [2.45, 2.75) is 12.3 Å². The van der Waals surface area contributed by atoms with Gasteiger partial charge >= 0.3 is 5.97 Å². The number of para-hydroxylation sites is 1. The van der Waals surface area contributed by atoms with Crippen molar-refractivity contribution < 1.29 is 19.4 Å². The number of carbonyl (C=O) groups is 2. The maximum atomic E-state index is 12.4. The van der Waals surface area contributed by atoms with Gasteiger partial charge in [-0.3, -0.25) is 9.59 Å². The van der Waals surface area contributed by atoms with Crippen LogP contribution in [0.4, 0.5) is 0 Å². The number of amides is 1. The number of ether oxygens (including phenoxy) is 1. The third-order valence-corrected chi connectivity index (χ3v) is 3.85. The zero-order valence-corrected chi connectivity index (χ0v) is 10.4. The van der Waals surface area contributed by atoms with Gasteiger partial charge in [0.25, 0.3) is 0 Å². The summed E-state index contributed by atoms with van der Waals surface area (Å²) in [6.45, 7) is 1.19. The lowest BCUT2D eigenvalue weighted by Gasteiger charge is -2.19. The van der Waals surface area contributed by atoms with Crippen LogP contribution in [0.25, 0.3) is 0 Å². The van der Waals surface area contributed by atoms with Crippen LogP contribution in [0.1, 0.15) is 17.9 Å². The van der Waals surface area contributed by atoms with Crippen molar-refractivity contribution in [3.63, 3.8) is 0 Å². The van der Waals surface area contributed by atoms with Gasteiger partial charge in [0.1, 0.15) is 18.3 Å². The van der Waals surface area contributed by atoms with Crippen molar-refractivity contribution >= 4 is 11.9 Å². The Morgan fingerprint density at radius 3 is 2.84 bits per heavy atom. The van der Waals surface area contributed by atoms with Gasteiger partial charge in [0.15, 0.2) is 0 Å². The van der Waals surface area contributed by atoms with Gasteiger partial charge < -0.3 is 14.7 Å². The minimum atomic E-state index is -0.821. The van der Waals surface area contributed by atoms with E-state index in [1.165, 1.54) is 0 Å². The average Bonchev–Trinajstić information content (AvgIpc) is 3.05. The van der Waals surface area contributed by atoms with Crippen molar-refractivity contribution in [1.29, 1.82) is 0 Å². The number of carbonyl (C=O) groups excluding carboxylic acids is 1. The van der Waals surface area contributed by atoms with E-state index in [0.29, 0.717) is 26.1 Å². The van der Waals surface area contributed by atoms with Crippen molar-refractivity contribution in [3.05, 3.63) is 29.8 Å². The standard InChI is InChI=1S/C14H15NO4/c16-13(15-6-5-9(7-15)14(17)18)11-8-19-12-4-2-1-3-10(11)12/h1-4,9,11H,5-8H2,(H,17,18). The minimum absolute atomic E-state index is 0.0197. The van der Waals surface area contributed by atoms with E-state index in [0.717, 1.165) is 11.3 Å². The van der Waals surface area contributed by atoms with Gasteiger partial charge in [-0.15, -0.1) is 0 Å². The highest BCUT2D eigenvalue weighted by Gasteiger charge is 2.37. The van der Waals surface area contributed by atoms with Crippen LogP contribution < -0.4 is 4.74 Å². The first kappa shape index (κ1) is 12.0. The van der Waals surface area contributed by atoms with E-state index in [1.807, 2.05) is 24.3 Å². The first-order valence-corrected chi connectivity index (χ1v) is 6.40. The molecule has 0 saturated carbocycles. The van der Waals surface area contributed by atoms with E-state index in [4.69, 9.17) is 9.84 Å². The summed E-state index contributed by atoms with van der Waals surface area (Å²) in [6.07, 6.45) is 0.538. The summed E-state index contributed by atoms with van der Waals surface area (Å²) in [5, 5.41) is 8.97. The zero-order chi connectivity index (χ0) is 13.4. The number of carboxylic acids is 1. The quantitative estimate of drug-likeness (QED) is 0.865.